The van der Waals surface area contributed by atoms with E-state index in [0.717, 1.165) is 16.6 Å². The molecule has 2 rings (SSSR count). The van der Waals surface area contributed by atoms with Crippen molar-refractivity contribution in [1.29, 1.82) is 0 Å². The smallest absolute Gasteiger partial charge is 0.0604 e. The van der Waals surface area contributed by atoms with Gasteiger partial charge < -0.3 is 26.9 Å². The average Bonchev–Trinajstić information content (AvgIpc) is 2.59. The third kappa shape index (κ3) is 1.69. The number of nitrogen functional groups attached to an aromatic ring is 2. The van der Waals surface area contributed by atoms with Gasteiger partial charge in [-0.2, -0.15) is 0 Å². The molecule has 1 aromatic carbocycles. The summed E-state index contributed by atoms with van der Waals surface area (Å²) in [6.45, 7) is 0.606. The lowest BCUT2D eigenvalue weighted by Crippen LogP contribution is -2.04. The minimum Gasteiger partial charge on any atom is -0.397 e. The van der Waals surface area contributed by atoms with Gasteiger partial charge in [0, 0.05) is 23.6 Å². The molecule has 0 unspecified atom stereocenters. The number of aliphatic hydroxyl groups excluding tert-OH is 1. The van der Waals surface area contributed by atoms with Gasteiger partial charge in [0.2, 0.25) is 0 Å². The molecule has 0 aliphatic carbocycles. The number of aromatic amines is 1. The summed E-state index contributed by atoms with van der Waals surface area (Å²) in [5, 5.41) is 12.8. The maximum Gasteiger partial charge on any atom is 0.0604 e. The number of hydrogen-bond acceptors (Lipinski definition) is 4. The van der Waals surface area contributed by atoms with Crippen LogP contribution in [0.5, 0.6) is 0 Å². The topological polar surface area (TPSA) is 100 Å². The summed E-state index contributed by atoms with van der Waals surface area (Å²) in [4.78, 5) is 3.09. The summed E-state index contributed by atoms with van der Waals surface area (Å²) < 4.78 is 0. The highest BCUT2D eigenvalue weighted by Crippen LogP contribution is 2.28. The van der Waals surface area contributed by atoms with E-state index in [4.69, 9.17) is 16.6 Å². The lowest BCUT2D eigenvalue weighted by Gasteiger charge is -2.03. The van der Waals surface area contributed by atoms with Crippen molar-refractivity contribution in [3.63, 3.8) is 0 Å². The second-order valence-corrected chi connectivity index (χ2v) is 3.38. The van der Waals surface area contributed by atoms with Crippen molar-refractivity contribution in [2.24, 2.45) is 0 Å². The summed E-state index contributed by atoms with van der Waals surface area (Å²) in [5.74, 6) is 0. The van der Waals surface area contributed by atoms with E-state index in [0.29, 0.717) is 17.9 Å². The number of nitrogens with two attached hydrogens (primary N) is 2. The predicted octanol–water partition coefficient (Wildman–Crippen LogP) is 0.736. The van der Waals surface area contributed by atoms with Crippen LogP contribution in [0, 0.1) is 0 Å². The zero-order valence-electron chi connectivity index (χ0n) is 8.25. The molecule has 7 N–H and O–H groups in total. The molecule has 0 saturated carbocycles. The molecule has 0 aliphatic heterocycles. The number of rotatable bonds is 3. The first kappa shape index (κ1) is 9.67. The van der Waals surface area contributed by atoms with Gasteiger partial charge in [-0.25, -0.2) is 0 Å². The maximum absolute atomic E-state index is 8.72. The van der Waals surface area contributed by atoms with Crippen molar-refractivity contribution in [2.75, 3.05) is 29.9 Å². The van der Waals surface area contributed by atoms with Gasteiger partial charge in [-0.05, 0) is 12.1 Å². The molecule has 5 heteroatoms. The fourth-order valence-electron chi connectivity index (χ4n) is 1.54. The highest BCUT2D eigenvalue weighted by Gasteiger charge is 2.05. The maximum atomic E-state index is 8.72. The van der Waals surface area contributed by atoms with Gasteiger partial charge in [0.25, 0.3) is 0 Å². The van der Waals surface area contributed by atoms with E-state index in [1.165, 1.54) is 0 Å². The van der Waals surface area contributed by atoms with E-state index in [1.807, 2.05) is 12.3 Å². The Labute approximate surface area is 87.1 Å². The molecule has 0 saturated heterocycles. The van der Waals surface area contributed by atoms with Crippen molar-refractivity contribution in [1.82, 2.24) is 4.98 Å². The molecule has 2 aromatic rings. The van der Waals surface area contributed by atoms with Crippen molar-refractivity contribution in [3.05, 3.63) is 18.3 Å². The fourth-order valence-corrected chi connectivity index (χ4v) is 1.54. The van der Waals surface area contributed by atoms with Crippen LogP contribution in [0.1, 0.15) is 0 Å². The predicted molar refractivity (Wildman–Crippen MR) is 62.7 cm³/mol. The summed E-state index contributed by atoms with van der Waals surface area (Å²) >= 11 is 0. The molecule has 0 fully saturated rings. The van der Waals surface area contributed by atoms with Gasteiger partial charge in [0.1, 0.15) is 0 Å². The molecule has 1 aromatic heterocycles. The Morgan fingerprint density at radius 3 is 2.73 bits per heavy atom. The largest absolute Gasteiger partial charge is 0.397 e. The molecular weight excluding hydrogens is 192 g/mol. The van der Waals surface area contributed by atoms with Crippen LogP contribution in [0.15, 0.2) is 18.3 Å². The third-order valence-electron chi connectivity index (χ3n) is 2.31. The Hall–Kier alpha value is -1.88. The van der Waals surface area contributed by atoms with Crippen LogP contribution in [0.25, 0.3) is 10.9 Å². The van der Waals surface area contributed by atoms with E-state index in [2.05, 4.69) is 10.3 Å². The molecule has 0 bridgehead atoms. The lowest BCUT2D eigenvalue weighted by molar-refractivity contribution is 0.311. The SMILES string of the molecule is Nc1cc2[nH]cc(NCCO)c2cc1N. The fraction of sp³-hybridized carbons (Fsp3) is 0.200. The van der Waals surface area contributed by atoms with Crippen molar-refractivity contribution in [3.8, 4) is 0 Å². The van der Waals surface area contributed by atoms with E-state index in [9.17, 15) is 0 Å². The number of anilines is 3. The van der Waals surface area contributed by atoms with Crippen LogP contribution < -0.4 is 16.8 Å². The third-order valence-corrected chi connectivity index (χ3v) is 2.31. The van der Waals surface area contributed by atoms with Crippen LogP contribution in [-0.4, -0.2) is 23.2 Å². The molecule has 0 atom stereocenters. The highest BCUT2D eigenvalue weighted by atomic mass is 16.3. The van der Waals surface area contributed by atoms with Crippen LogP contribution in [0.3, 0.4) is 0 Å². The number of nitrogens with one attached hydrogen (secondary N) is 2. The Morgan fingerprint density at radius 2 is 2.00 bits per heavy atom. The Bertz CT molecular complexity index is 477. The first-order valence-corrected chi connectivity index (χ1v) is 4.73. The van der Waals surface area contributed by atoms with Gasteiger partial charge >= 0.3 is 0 Å². The van der Waals surface area contributed by atoms with Gasteiger partial charge in [0.05, 0.1) is 23.7 Å². The van der Waals surface area contributed by atoms with Crippen molar-refractivity contribution < 1.29 is 5.11 Å². The van der Waals surface area contributed by atoms with E-state index >= 15 is 0 Å². The van der Waals surface area contributed by atoms with Crippen molar-refractivity contribution in [2.45, 2.75) is 0 Å². The molecule has 0 aliphatic rings. The van der Waals surface area contributed by atoms with Crippen LogP contribution >= 0.6 is 0 Å². The van der Waals surface area contributed by atoms with Crippen LogP contribution in [0.2, 0.25) is 0 Å². The number of hydrogen-bond donors (Lipinski definition) is 5. The monoisotopic (exact) mass is 206 g/mol. The molecule has 0 spiro atoms. The zero-order chi connectivity index (χ0) is 10.8. The molecule has 0 radical (unpaired) electrons. The average molecular weight is 206 g/mol. The number of aromatic nitrogens is 1. The van der Waals surface area contributed by atoms with E-state index in [-0.39, 0.29) is 6.61 Å². The quantitative estimate of drug-likeness (QED) is 0.478. The lowest BCUT2D eigenvalue weighted by atomic mass is 10.2. The Balaban J connectivity index is 2.45. The summed E-state index contributed by atoms with van der Waals surface area (Å²) in [6.07, 6.45) is 1.83. The van der Waals surface area contributed by atoms with Gasteiger partial charge in [-0.1, -0.05) is 0 Å². The highest BCUT2D eigenvalue weighted by molar-refractivity contribution is 5.97. The minimum atomic E-state index is 0.0944. The minimum absolute atomic E-state index is 0.0944. The number of fused-ring (bicyclic) bond motifs is 1. The van der Waals surface area contributed by atoms with Gasteiger partial charge in [0.15, 0.2) is 0 Å². The van der Waals surface area contributed by atoms with Gasteiger partial charge in [-0.3, -0.25) is 0 Å². The molecule has 5 nitrogen and oxygen atoms in total. The number of H-pyrrole nitrogens is 1. The molecule has 80 valence electrons. The first-order chi connectivity index (χ1) is 7.22. The van der Waals surface area contributed by atoms with E-state index < -0.39 is 0 Å². The van der Waals surface area contributed by atoms with Crippen molar-refractivity contribution >= 4 is 28.0 Å². The second-order valence-electron chi connectivity index (χ2n) is 3.38. The van der Waals surface area contributed by atoms with Crippen LogP contribution in [0.4, 0.5) is 17.1 Å². The Kier molecular flexibility index (Phi) is 2.39. The standard InChI is InChI=1S/C10H14N4O/c11-7-3-6-9(4-8(7)12)14-5-10(6)13-1-2-15/h3-5,13-15H,1-2,11-12H2. The molecule has 15 heavy (non-hydrogen) atoms. The normalized spacial score (nSPS) is 10.7. The zero-order valence-corrected chi connectivity index (χ0v) is 8.25. The van der Waals surface area contributed by atoms with E-state index in [1.54, 1.807) is 6.07 Å². The summed E-state index contributed by atoms with van der Waals surface area (Å²) in [6, 6.07) is 3.62. The number of benzene rings is 1. The van der Waals surface area contributed by atoms with Gasteiger partial charge in [-0.15, -0.1) is 0 Å². The molecule has 0 amide bonds. The summed E-state index contributed by atoms with van der Waals surface area (Å²) in [5.41, 5.74) is 14.4. The summed E-state index contributed by atoms with van der Waals surface area (Å²) in [7, 11) is 0. The molecular formula is C10H14N4O. The first-order valence-electron chi connectivity index (χ1n) is 4.73. The number of aliphatic hydroxyl groups is 1. The Morgan fingerprint density at radius 1 is 1.27 bits per heavy atom. The van der Waals surface area contributed by atoms with Crippen LogP contribution in [-0.2, 0) is 0 Å². The molecule has 1 heterocycles. The second kappa shape index (κ2) is 3.70.